The van der Waals surface area contributed by atoms with Gasteiger partial charge >= 0.3 is 5.30 Å². The summed E-state index contributed by atoms with van der Waals surface area (Å²) in [6.45, 7) is 2.22. The lowest BCUT2D eigenvalue weighted by Crippen LogP contribution is -1.94. The molecule has 0 saturated heterocycles. The topological polar surface area (TPSA) is 39.2 Å². The normalized spacial score (nSPS) is 11.1. The van der Waals surface area contributed by atoms with Gasteiger partial charge in [-0.2, -0.15) is 4.79 Å². The van der Waals surface area contributed by atoms with E-state index in [9.17, 15) is 4.79 Å². The molecule has 0 radical (unpaired) electrons. The molecule has 0 N–H and O–H groups in total. The maximum absolute atomic E-state index is 10.9. The van der Waals surface area contributed by atoms with Crippen LogP contribution in [0.1, 0.15) is 6.92 Å². The molecule has 0 bridgehead atoms. The van der Waals surface area contributed by atoms with E-state index < -0.39 is 10.5 Å². The fourth-order valence-electron chi connectivity index (χ4n) is 0.521. The van der Waals surface area contributed by atoms with E-state index in [1.807, 2.05) is 0 Å². The lowest BCUT2D eigenvalue weighted by atomic mass is 10.9. The second kappa shape index (κ2) is 3.31. The number of carbonyl (C=O) groups is 1. The molecule has 0 spiro atoms. The lowest BCUT2D eigenvalue weighted by Gasteiger charge is -1.87. The van der Waals surface area contributed by atoms with Crippen molar-refractivity contribution >= 4 is 15.8 Å². The fraction of sp³-hybridized carbons (Fsp3) is 0.333. The molecular formula is C6H8NO2S+. The minimum Gasteiger partial charge on any atom is -0.422 e. The average Bonchev–Trinajstić information content (AvgIpc) is 2.38. The fourth-order valence-corrected chi connectivity index (χ4v) is 1.45. The SMILES string of the molecule is CCOC(=O)[s+]1ccnc1. The standard InChI is InChI=1S/C6H8NO2S/c1-2-9-6(8)10-4-3-7-5-10/h3-5H,2H2,1H3/q+1. The zero-order valence-electron chi connectivity index (χ0n) is 5.61. The Morgan fingerprint density at radius 2 is 2.60 bits per heavy atom. The Labute approximate surface area is 61.6 Å². The Hall–Kier alpha value is -0.900. The number of thiazole rings is 1. The minimum absolute atomic E-state index is 0.194. The van der Waals surface area contributed by atoms with Gasteiger partial charge in [0.1, 0.15) is 10.5 Å². The summed E-state index contributed by atoms with van der Waals surface area (Å²) in [6.07, 6.45) is 1.61. The van der Waals surface area contributed by atoms with Crippen LogP contribution in [0, 0.1) is 0 Å². The van der Waals surface area contributed by atoms with E-state index in [2.05, 4.69) is 4.98 Å². The Kier molecular flexibility index (Phi) is 2.39. The van der Waals surface area contributed by atoms with Crippen LogP contribution in [0.3, 0.4) is 0 Å². The highest BCUT2D eigenvalue weighted by atomic mass is 32.2. The van der Waals surface area contributed by atoms with Crippen LogP contribution in [0.5, 0.6) is 0 Å². The Morgan fingerprint density at radius 1 is 1.80 bits per heavy atom. The minimum atomic E-state index is -0.505. The molecule has 0 fully saturated rings. The number of ether oxygens (including phenoxy) is 1. The molecule has 10 heavy (non-hydrogen) atoms. The van der Waals surface area contributed by atoms with E-state index in [4.69, 9.17) is 4.74 Å². The third-order valence-electron chi connectivity index (χ3n) is 0.923. The zero-order valence-corrected chi connectivity index (χ0v) is 6.43. The molecule has 0 aliphatic carbocycles. The first kappa shape index (κ1) is 7.21. The molecule has 0 amide bonds. The first-order valence-corrected chi connectivity index (χ1v) is 4.28. The van der Waals surface area contributed by atoms with Crippen molar-refractivity contribution in [3.8, 4) is 0 Å². The monoisotopic (exact) mass is 158 g/mol. The van der Waals surface area contributed by atoms with E-state index in [1.54, 1.807) is 24.0 Å². The van der Waals surface area contributed by atoms with Gasteiger partial charge in [0.15, 0.2) is 5.38 Å². The first-order valence-electron chi connectivity index (χ1n) is 2.93. The van der Waals surface area contributed by atoms with E-state index in [-0.39, 0.29) is 5.30 Å². The molecule has 4 heteroatoms. The third-order valence-corrected chi connectivity index (χ3v) is 2.19. The number of aromatic nitrogens is 1. The molecule has 1 unspecified atom stereocenters. The predicted molar refractivity (Wildman–Crippen MR) is 39.1 cm³/mol. The van der Waals surface area contributed by atoms with Crippen LogP contribution in [-0.4, -0.2) is 16.9 Å². The number of rotatable bonds is 2. The van der Waals surface area contributed by atoms with Gasteiger partial charge in [0.25, 0.3) is 0 Å². The van der Waals surface area contributed by atoms with Crippen molar-refractivity contribution in [3.05, 3.63) is 17.1 Å². The van der Waals surface area contributed by atoms with Crippen LogP contribution >= 0.6 is 10.5 Å². The van der Waals surface area contributed by atoms with Crippen LogP contribution in [-0.2, 0) is 4.74 Å². The molecule has 1 heterocycles. The van der Waals surface area contributed by atoms with Crippen LogP contribution in [0.15, 0.2) is 17.1 Å². The van der Waals surface area contributed by atoms with Gasteiger partial charge in [-0.05, 0) is 6.92 Å². The molecule has 0 aliphatic rings. The zero-order chi connectivity index (χ0) is 7.40. The summed E-state index contributed by atoms with van der Waals surface area (Å²) >= 11 is 0. The van der Waals surface area contributed by atoms with Crippen LogP contribution in [0.4, 0.5) is 4.79 Å². The smallest absolute Gasteiger partial charge is 0.422 e. The van der Waals surface area contributed by atoms with Crippen LogP contribution in [0.2, 0.25) is 0 Å². The van der Waals surface area contributed by atoms with Crippen molar-refractivity contribution in [2.24, 2.45) is 0 Å². The molecule has 1 rings (SSSR count). The molecule has 54 valence electrons. The molecular weight excluding hydrogens is 150 g/mol. The van der Waals surface area contributed by atoms with Crippen molar-refractivity contribution in [1.29, 1.82) is 0 Å². The van der Waals surface area contributed by atoms with Gasteiger partial charge in [-0.1, -0.05) is 0 Å². The van der Waals surface area contributed by atoms with Crippen molar-refractivity contribution in [2.45, 2.75) is 6.92 Å². The molecule has 0 aromatic carbocycles. The van der Waals surface area contributed by atoms with Gasteiger partial charge in [-0.25, -0.2) is 4.98 Å². The second-order valence-electron chi connectivity index (χ2n) is 1.59. The lowest BCUT2D eigenvalue weighted by molar-refractivity contribution is 0.180. The van der Waals surface area contributed by atoms with E-state index >= 15 is 0 Å². The van der Waals surface area contributed by atoms with E-state index in [0.717, 1.165) is 0 Å². The summed E-state index contributed by atoms with van der Waals surface area (Å²) in [5, 5.41) is 1.54. The number of hydrogen-bond acceptors (Lipinski definition) is 3. The van der Waals surface area contributed by atoms with Crippen molar-refractivity contribution in [2.75, 3.05) is 6.61 Å². The van der Waals surface area contributed by atoms with Gasteiger partial charge in [-0.15, -0.1) is 0 Å². The molecule has 3 nitrogen and oxygen atoms in total. The van der Waals surface area contributed by atoms with Crippen molar-refractivity contribution < 1.29 is 9.53 Å². The van der Waals surface area contributed by atoms with Gasteiger partial charge in [0, 0.05) is 0 Å². The summed E-state index contributed by atoms with van der Waals surface area (Å²) in [5.41, 5.74) is 1.60. The maximum atomic E-state index is 10.9. The van der Waals surface area contributed by atoms with Crippen LogP contribution in [0.25, 0.3) is 0 Å². The maximum Gasteiger partial charge on any atom is 0.555 e. The molecule has 1 aromatic heterocycles. The van der Waals surface area contributed by atoms with E-state index in [0.29, 0.717) is 6.61 Å². The van der Waals surface area contributed by atoms with Gasteiger partial charge in [0.05, 0.1) is 12.8 Å². The second-order valence-corrected chi connectivity index (χ2v) is 3.15. The summed E-state index contributed by atoms with van der Waals surface area (Å²) in [7, 11) is -0.505. The Bertz CT molecular complexity index is 208. The third kappa shape index (κ3) is 1.54. The van der Waals surface area contributed by atoms with Crippen molar-refractivity contribution in [1.82, 2.24) is 4.98 Å². The van der Waals surface area contributed by atoms with Crippen LogP contribution < -0.4 is 0 Å². The highest BCUT2D eigenvalue weighted by Crippen LogP contribution is 2.16. The highest BCUT2D eigenvalue weighted by Gasteiger charge is 2.16. The van der Waals surface area contributed by atoms with Gasteiger partial charge in [-0.3, -0.25) is 0 Å². The molecule has 0 aliphatic heterocycles. The quantitative estimate of drug-likeness (QED) is 0.487. The Morgan fingerprint density at radius 3 is 3.10 bits per heavy atom. The number of carbonyl (C=O) groups excluding carboxylic acids is 1. The van der Waals surface area contributed by atoms with Gasteiger partial charge < -0.3 is 4.74 Å². The molecule has 1 aromatic rings. The Balaban J connectivity index is 2.59. The summed E-state index contributed by atoms with van der Waals surface area (Å²) < 4.78 is 4.76. The number of nitrogens with zero attached hydrogens (tertiary/aromatic N) is 1. The largest absolute Gasteiger partial charge is 0.555 e. The van der Waals surface area contributed by atoms with E-state index in [1.165, 1.54) is 0 Å². The number of hydrogen-bond donors (Lipinski definition) is 0. The summed E-state index contributed by atoms with van der Waals surface area (Å²) in [4.78, 5) is 14.7. The average molecular weight is 158 g/mol. The van der Waals surface area contributed by atoms with Crippen molar-refractivity contribution in [3.63, 3.8) is 0 Å². The summed E-state index contributed by atoms with van der Waals surface area (Å²) in [6, 6.07) is 0. The van der Waals surface area contributed by atoms with Gasteiger partial charge in [0.2, 0.25) is 5.51 Å². The highest BCUT2D eigenvalue weighted by molar-refractivity contribution is 7.48. The molecule has 0 saturated carbocycles. The molecule has 1 atom stereocenters. The predicted octanol–water partition coefficient (Wildman–Crippen LogP) is 1.84. The summed E-state index contributed by atoms with van der Waals surface area (Å²) in [5.74, 6) is 0. The first-order chi connectivity index (χ1) is 4.84.